The van der Waals surface area contributed by atoms with Gasteiger partial charge in [-0.15, -0.1) is 3.89 Å². The van der Waals surface area contributed by atoms with Gasteiger partial charge in [-0.1, -0.05) is 24.3 Å². The number of benzene rings is 2. The van der Waals surface area contributed by atoms with Crippen LogP contribution in [-0.2, 0) is 21.4 Å². The molecule has 0 fully saturated rings. The van der Waals surface area contributed by atoms with Crippen LogP contribution in [0.1, 0.15) is 17.5 Å². The molecule has 4 rings (SSSR count). The number of anilines is 1. The van der Waals surface area contributed by atoms with Crippen molar-refractivity contribution >= 4 is 45.7 Å². The largest absolute Gasteiger partial charge is 0.385 e. The fraction of sp³-hybridized carbons (Fsp3) is 0.150. The number of aryl methyl sites for hydroxylation is 1. The highest BCUT2D eigenvalue weighted by atomic mass is 32.3. The average molecular weight is 440 g/mol. The maximum absolute atomic E-state index is 12.9. The van der Waals surface area contributed by atoms with Crippen LogP contribution in [-0.4, -0.2) is 44.2 Å². The van der Waals surface area contributed by atoms with Crippen LogP contribution in [0.15, 0.2) is 73.4 Å². The molecule has 1 amide bonds. The minimum atomic E-state index is -4.73. The summed E-state index contributed by atoms with van der Waals surface area (Å²) in [6, 6.07) is 11.9. The van der Waals surface area contributed by atoms with Gasteiger partial charge in [-0.05, 0) is 36.2 Å². The number of amides is 1. The second-order valence-corrected chi connectivity index (χ2v) is 8.18. The number of nitrogens with one attached hydrogen (secondary N) is 1. The SMILES string of the molecule is NC1=NC=NC2=NC(c3cccc(NC(=O)CCc4ccc(S(=O)(=O)F)cc4)c3)=NC12. The molecular formula is C20H17FN6O3S. The quantitative estimate of drug-likeness (QED) is 0.662. The third kappa shape index (κ3) is 4.72. The lowest BCUT2D eigenvalue weighted by molar-refractivity contribution is -0.116. The van der Waals surface area contributed by atoms with E-state index >= 15 is 0 Å². The summed E-state index contributed by atoms with van der Waals surface area (Å²) in [5, 5.41) is 2.81. The zero-order valence-electron chi connectivity index (χ0n) is 16.1. The van der Waals surface area contributed by atoms with Crippen LogP contribution in [0, 0.1) is 0 Å². The van der Waals surface area contributed by atoms with Gasteiger partial charge in [-0.25, -0.2) is 20.0 Å². The molecule has 0 radical (unpaired) electrons. The van der Waals surface area contributed by atoms with E-state index in [9.17, 15) is 17.1 Å². The molecule has 9 nitrogen and oxygen atoms in total. The Balaban J connectivity index is 1.39. The van der Waals surface area contributed by atoms with E-state index in [1.54, 1.807) is 18.2 Å². The summed E-state index contributed by atoms with van der Waals surface area (Å²) in [6.45, 7) is 0. The molecule has 1 unspecified atom stereocenters. The molecule has 2 aliphatic heterocycles. The van der Waals surface area contributed by atoms with Crippen LogP contribution in [0.2, 0.25) is 0 Å². The predicted molar refractivity (Wildman–Crippen MR) is 116 cm³/mol. The van der Waals surface area contributed by atoms with E-state index in [-0.39, 0.29) is 12.3 Å². The molecule has 1 atom stereocenters. The van der Waals surface area contributed by atoms with Gasteiger partial charge in [0.1, 0.15) is 12.2 Å². The van der Waals surface area contributed by atoms with Gasteiger partial charge in [-0.2, -0.15) is 8.42 Å². The number of carbonyl (C=O) groups is 1. The molecule has 0 bridgehead atoms. The summed E-state index contributed by atoms with van der Waals surface area (Å²) in [4.78, 5) is 28.7. The van der Waals surface area contributed by atoms with E-state index in [0.29, 0.717) is 35.2 Å². The van der Waals surface area contributed by atoms with E-state index in [0.717, 1.165) is 5.56 Å². The molecule has 2 aromatic rings. The second-order valence-electron chi connectivity index (χ2n) is 6.83. The smallest absolute Gasteiger partial charge is 0.332 e. The number of fused-ring (bicyclic) bond motifs is 1. The highest BCUT2D eigenvalue weighted by Crippen LogP contribution is 2.19. The van der Waals surface area contributed by atoms with Crippen LogP contribution >= 0.6 is 0 Å². The first-order valence-electron chi connectivity index (χ1n) is 9.25. The highest BCUT2D eigenvalue weighted by Gasteiger charge is 2.28. The second kappa shape index (κ2) is 8.19. The molecule has 0 spiro atoms. The van der Waals surface area contributed by atoms with Crippen molar-refractivity contribution < 1.29 is 17.1 Å². The molecule has 11 heteroatoms. The van der Waals surface area contributed by atoms with Crippen LogP contribution < -0.4 is 11.1 Å². The Kier molecular flexibility index (Phi) is 5.42. The van der Waals surface area contributed by atoms with E-state index in [4.69, 9.17) is 5.73 Å². The number of rotatable bonds is 6. The van der Waals surface area contributed by atoms with E-state index in [1.807, 2.05) is 6.07 Å². The minimum Gasteiger partial charge on any atom is -0.385 e. The highest BCUT2D eigenvalue weighted by molar-refractivity contribution is 7.86. The fourth-order valence-corrected chi connectivity index (χ4v) is 3.54. The van der Waals surface area contributed by atoms with Crippen molar-refractivity contribution in [2.24, 2.45) is 25.7 Å². The predicted octanol–water partition coefficient (Wildman–Crippen LogP) is 1.84. The van der Waals surface area contributed by atoms with Gasteiger partial charge >= 0.3 is 10.2 Å². The Morgan fingerprint density at radius 1 is 1.16 bits per heavy atom. The number of hydrogen-bond acceptors (Lipinski definition) is 8. The van der Waals surface area contributed by atoms with Gasteiger partial charge in [-0.3, -0.25) is 4.79 Å². The topological polar surface area (TPSA) is 139 Å². The van der Waals surface area contributed by atoms with Crippen molar-refractivity contribution in [3.63, 3.8) is 0 Å². The van der Waals surface area contributed by atoms with Gasteiger partial charge in [0.15, 0.2) is 17.7 Å². The van der Waals surface area contributed by atoms with E-state index < -0.39 is 21.2 Å². The molecule has 2 heterocycles. The van der Waals surface area contributed by atoms with Gasteiger partial charge in [0.25, 0.3) is 0 Å². The Bertz CT molecular complexity index is 1270. The van der Waals surface area contributed by atoms with Gasteiger partial charge in [0.2, 0.25) is 5.91 Å². The van der Waals surface area contributed by atoms with Crippen molar-refractivity contribution in [2.75, 3.05) is 5.32 Å². The van der Waals surface area contributed by atoms with E-state index in [2.05, 4.69) is 25.3 Å². The molecule has 3 N–H and O–H groups in total. The monoisotopic (exact) mass is 440 g/mol. The number of carbonyl (C=O) groups excluding carboxylic acids is 1. The fourth-order valence-electron chi connectivity index (χ4n) is 3.08. The summed E-state index contributed by atoms with van der Waals surface area (Å²) in [7, 11) is -4.73. The number of hydrogen-bond donors (Lipinski definition) is 2. The number of aliphatic imine (C=N–C) groups is 4. The summed E-state index contributed by atoms with van der Waals surface area (Å²) in [5.41, 5.74) is 7.82. The number of nitrogens with two attached hydrogens (primary N) is 1. The number of nitrogens with zero attached hydrogens (tertiary/aromatic N) is 4. The Hall–Kier alpha value is -3.73. The summed E-state index contributed by atoms with van der Waals surface area (Å²) in [5.74, 6) is 1.03. The lowest BCUT2D eigenvalue weighted by atomic mass is 10.1. The normalized spacial score (nSPS) is 17.5. The van der Waals surface area contributed by atoms with Gasteiger partial charge in [0.05, 0.1) is 4.90 Å². The average Bonchev–Trinajstić information content (AvgIpc) is 3.18. The molecular weight excluding hydrogens is 423 g/mol. The molecule has 0 aliphatic carbocycles. The molecule has 31 heavy (non-hydrogen) atoms. The van der Waals surface area contributed by atoms with Gasteiger partial charge < -0.3 is 11.1 Å². The molecule has 0 aromatic heterocycles. The molecule has 0 saturated heterocycles. The first-order valence-corrected chi connectivity index (χ1v) is 10.6. The lowest BCUT2D eigenvalue weighted by Crippen LogP contribution is -2.34. The third-order valence-corrected chi connectivity index (χ3v) is 5.48. The Morgan fingerprint density at radius 3 is 2.65 bits per heavy atom. The van der Waals surface area contributed by atoms with Crippen molar-refractivity contribution in [1.82, 2.24) is 0 Å². The van der Waals surface area contributed by atoms with Gasteiger partial charge in [0, 0.05) is 17.7 Å². The number of amidine groups is 3. The molecule has 2 aliphatic rings. The standard InChI is InChI=1S/C20H17FN6O3S/c21-31(29,30)15-7-4-12(5-8-15)6-9-16(28)25-14-3-1-2-13(10-14)19-26-17-18(22)23-11-24-20(17)27-19/h1-5,7-8,10-11,17H,6,9H2,(H,25,28)(H2,22,23,24,26,27). The summed E-state index contributed by atoms with van der Waals surface area (Å²) in [6.07, 6.45) is 1.87. The van der Waals surface area contributed by atoms with Crippen molar-refractivity contribution in [3.05, 3.63) is 59.7 Å². The van der Waals surface area contributed by atoms with Crippen molar-refractivity contribution in [3.8, 4) is 0 Å². The molecule has 0 saturated carbocycles. The Labute approximate surface area is 177 Å². The first-order chi connectivity index (χ1) is 14.8. The third-order valence-electron chi connectivity index (χ3n) is 4.64. The minimum absolute atomic E-state index is 0.166. The summed E-state index contributed by atoms with van der Waals surface area (Å²) < 4.78 is 34.7. The Morgan fingerprint density at radius 2 is 1.94 bits per heavy atom. The molecule has 2 aromatic carbocycles. The zero-order chi connectivity index (χ0) is 22.0. The van der Waals surface area contributed by atoms with Crippen LogP contribution in [0.3, 0.4) is 0 Å². The lowest BCUT2D eigenvalue weighted by Gasteiger charge is -2.08. The van der Waals surface area contributed by atoms with Crippen molar-refractivity contribution in [1.29, 1.82) is 0 Å². The van der Waals surface area contributed by atoms with Crippen LogP contribution in [0.25, 0.3) is 0 Å². The van der Waals surface area contributed by atoms with Crippen LogP contribution in [0.5, 0.6) is 0 Å². The summed E-state index contributed by atoms with van der Waals surface area (Å²) >= 11 is 0. The first kappa shape index (κ1) is 20.5. The zero-order valence-corrected chi connectivity index (χ0v) is 16.9. The maximum Gasteiger partial charge on any atom is 0.332 e. The van der Waals surface area contributed by atoms with Crippen molar-refractivity contribution in [2.45, 2.75) is 23.8 Å². The molecule has 158 valence electrons. The van der Waals surface area contributed by atoms with Crippen LogP contribution in [0.4, 0.5) is 9.57 Å². The maximum atomic E-state index is 12.9. The van der Waals surface area contributed by atoms with E-state index in [1.165, 1.54) is 30.6 Å². The number of halogens is 1.